The number of H-pyrrole nitrogens is 1. The Hall–Kier alpha value is -6.44. The molecule has 0 spiro atoms. The summed E-state index contributed by atoms with van der Waals surface area (Å²) < 4.78 is 17.4. The number of carboxylic acids is 2. The van der Waals surface area contributed by atoms with Gasteiger partial charge >= 0.3 is 17.9 Å². The van der Waals surface area contributed by atoms with Crippen LogP contribution >= 0.6 is 23.5 Å². The number of nitrogens with zero attached hydrogens (tertiary/aromatic N) is 1. The van der Waals surface area contributed by atoms with E-state index in [2.05, 4.69) is 63.7 Å². The van der Waals surface area contributed by atoms with Crippen LogP contribution in [0, 0.1) is 35.5 Å². The zero-order chi connectivity index (χ0) is 57.8. The van der Waals surface area contributed by atoms with E-state index in [4.69, 9.17) is 29.0 Å². The predicted octanol–water partition coefficient (Wildman–Crippen LogP) is 12.7. The molecule has 2 fully saturated rings. The number of aromatic nitrogens is 1. The molecule has 2 amide bonds. The maximum atomic E-state index is 15.1. The quantitative estimate of drug-likeness (QED) is 0.00837. The Balaban J connectivity index is 1.33. The second-order valence-corrected chi connectivity index (χ2v) is 24.7. The van der Waals surface area contributed by atoms with Crippen molar-refractivity contribution in [3.05, 3.63) is 130 Å². The molecular weight excluding hydrogens is 1060 g/mol. The van der Waals surface area contributed by atoms with Crippen molar-refractivity contribution in [1.82, 2.24) is 10.3 Å². The van der Waals surface area contributed by atoms with Crippen LogP contribution in [0.2, 0.25) is 0 Å². The normalized spacial score (nSPS) is 23.2. The van der Waals surface area contributed by atoms with Crippen molar-refractivity contribution in [2.24, 2.45) is 40.5 Å². The third kappa shape index (κ3) is 15.9. The molecule has 0 radical (unpaired) electrons. The molecule has 16 nitrogen and oxygen atoms in total. The molecule has 6 unspecified atom stereocenters. The predicted molar refractivity (Wildman–Crippen MR) is 314 cm³/mol. The van der Waals surface area contributed by atoms with Crippen molar-refractivity contribution < 1.29 is 58.2 Å². The van der Waals surface area contributed by atoms with Gasteiger partial charge in [0.25, 0.3) is 0 Å². The van der Waals surface area contributed by atoms with Crippen molar-refractivity contribution >= 4 is 76.5 Å². The lowest BCUT2D eigenvalue weighted by atomic mass is 9.75. The number of amides is 2. The molecule has 18 heteroatoms. The molecule has 4 aromatic rings. The van der Waals surface area contributed by atoms with Gasteiger partial charge in [-0.15, -0.1) is 23.5 Å². The van der Waals surface area contributed by atoms with Crippen molar-refractivity contribution in [3.63, 3.8) is 0 Å². The van der Waals surface area contributed by atoms with Crippen LogP contribution in [0.1, 0.15) is 132 Å². The van der Waals surface area contributed by atoms with Crippen molar-refractivity contribution in [1.29, 1.82) is 0 Å². The van der Waals surface area contributed by atoms with E-state index in [1.54, 1.807) is 26.8 Å². The van der Waals surface area contributed by atoms with Crippen LogP contribution in [0.25, 0.3) is 22.8 Å². The van der Waals surface area contributed by atoms with Crippen LogP contribution in [-0.4, -0.2) is 92.6 Å². The van der Waals surface area contributed by atoms with Gasteiger partial charge in [-0.3, -0.25) is 9.59 Å². The molecule has 2 aliphatic carbocycles. The number of aliphatic imine (C=N–C) groups is 1. The highest BCUT2D eigenvalue weighted by atomic mass is 32.2. The standard InChI is InChI=1S/C62H76N4O12S2/c1-34(2)75-33-74-22-17-23-79-41(9)58(67)66-57-53(62(73)77-54-37(5)24-35(3)25-38(54)6)52(44-20-15-12-16-21-44)50(64-57)31-49-51(43-18-13-11-14-19-43)48(32-76-78-55-39(7)26-36(4)27-40(55)8)56(63-49)65-59(68)42(10)80-47-29-45(60(69)70)28-46(30-47)61(71)72/h11-16,18-21,28-31,35-42,54-55,63H,1,17,22-27,32-33H2,2-10H3,(H,65,68)(H,69,70)(H,71,72)(H,64,66,67). The average Bonchev–Trinajstić information content (AvgIpc) is 4.09. The van der Waals surface area contributed by atoms with Gasteiger partial charge in [-0.1, -0.05) is 109 Å². The number of aromatic amines is 1. The fraction of sp³-hybridized carbons (Fsp3) is 0.452. The Morgan fingerprint density at radius 3 is 1.91 bits per heavy atom. The molecule has 5 N–H and O–H groups in total. The SMILES string of the molecule is C=C(C)OCOCCCSC(C)C(=O)NC1=NC(=Cc2[nH]c(NC(=O)C(C)Sc3cc(C(=O)O)cc(C(=O)O)c3)c(COOC3C(C)CC(C)CC3C)c2-c2ccccc2)C(c2ccccc2)=C1C(=O)OC1C(C)CC(C)CC1C. The van der Waals surface area contributed by atoms with Gasteiger partial charge in [0.15, 0.2) is 6.79 Å². The van der Waals surface area contributed by atoms with E-state index in [1.165, 1.54) is 23.9 Å². The van der Waals surface area contributed by atoms with Gasteiger partial charge in [0.05, 0.1) is 51.5 Å². The van der Waals surface area contributed by atoms with E-state index in [9.17, 15) is 29.4 Å². The number of rotatable bonds is 24. The molecule has 80 heavy (non-hydrogen) atoms. The Kier molecular flexibility index (Phi) is 21.7. The van der Waals surface area contributed by atoms with Gasteiger partial charge < -0.3 is 40.0 Å². The lowest BCUT2D eigenvalue weighted by molar-refractivity contribution is -0.354. The summed E-state index contributed by atoms with van der Waals surface area (Å²) in [4.78, 5) is 89.3. The number of ether oxygens (including phenoxy) is 3. The fourth-order valence-corrected chi connectivity index (χ4v) is 13.1. The topological polar surface area (TPSA) is 224 Å². The molecule has 1 aromatic heterocycles. The number of thioether (sulfide) groups is 2. The summed E-state index contributed by atoms with van der Waals surface area (Å²) in [5.74, 6) is -1.04. The van der Waals surface area contributed by atoms with E-state index >= 15 is 4.79 Å². The molecule has 2 heterocycles. The van der Waals surface area contributed by atoms with Crippen LogP contribution in [0.4, 0.5) is 5.82 Å². The number of aromatic carboxylic acids is 2. The molecule has 3 aliphatic rings. The number of carbonyl (C=O) groups is 5. The summed E-state index contributed by atoms with van der Waals surface area (Å²) in [6, 6.07) is 22.6. The molecule has 7 rings (SSSR count). The van der Waals surface area contributed by atoms with Crippen LogP contribution in [0.3, 0.4) is 0 Å². The number of amidine groups is 1. The number of carboxylic acid groups (broad SMARTS) is 2. The highest BCUT2D eigenvalue weighted by Crippen LogP contribution is 2.43. The number of hydrogen-bond acceptors (Lipinski definition) is 13. The Labute approximate surface area is 477 Å². The summed E-state index contributed by atoms with van der Waals surface area (Å²) in [7, 11) is 0. The highest BCUT2D eigenvalue weighted by molar-refractivity contribution is 8.00. The van der Waals surface area contributed by atoms with Crippen molar-refractivity contribution in [3.8, 4) is 11.1 Å². The fourth-order valence-electron chi connectivity index (χ4n) is 11.2. The molecule has 6 atom stereocenters. The zero-order valence-electron chi connectivity index (χ0n) is 47.2. The lowest BCUT2D eigenvalue weighted by Crippen LogP contribution is -2.41. The third-order valence-corrected chi connectivity index (χ3v) is 17.1. The summed E-state index contributed by atoms with van der Waals surface area (Å²) in [6.07, 6.45) is 5.59. The molecule has 1 aliphatic heterocycles. The van der Waals surface area contributed by atoms with E-state index in [-0.39, 0.29) is 82.3 Å². The van der Waals surface area contributed by atoms with Gasteiger partial charge in [-0.25, -0.2) is 29.2 Å². The minimum absolute atomic E-state index is 0.0366. The minimum atomic E-state index is -1.31. The molecule has 3 aromatic carbocycles. The number of carbonyl (C=O) groups excluding carboxylic acids is 3. The average molecular weight is 1130 g/mol. The minimum Gasteiger partial charge on any atom is -0.478 e. The largest absolute Gasteiger partial charge is 0.478 e. The Morgan fingerprint density at radius 2 is 1.34 bits per heavy atom. The second kappa shape index (κ2) is 28.3. The Bertz CT molecular complexity index is 2920. The first-order valence-corrected chi connectivity index (χ1v) is 29.4. The monoisotopic (exact) mass is 1130 g/mol. The van der Waals surface area contributed by atoms with E-state index in [0.29, 0.717) is 70.0 Å². The van der Waals surface area contributed by atoms with Gasteiger partial charge in [-0.2, -0.15) is 0 Å². The van der Waals surface area contributed by atoms with Gasteiger partial charge in [-0.05, 0) is 130 Å². The van der Waals surface area contributed by atoms with E-state index < -0.39 is 40.4 Å². The lowest BCUT2D eigenvalue weighted by Gasteiger charge is -2.37. The van der Waals surface area contributed by atoms with Crippen LogP contribution in [0.15, 0.2) is 112 Å². The van der Waals surface area contributed by atoms with E-state index in [1.807, 2.05) is 60.7 Å². The number of esters is 1. The van der Waals surface area contributed by atoms with Gasteiger partial charge in [0, 0.05) is 21.6 Å². The first-order chi connectivity index (χ1) is 38.2. The molecule has 2 saturated carbocycles. The number of allylic oxidation sites excluding steroid dienone is 2. The second-order valence-electron chi connectivity index (χ2n) is 21.8. The van der Waals surface area contributed by atoms with Gasteiger partial charge in [0.1, 0.15) is 29.9 Å². The molecule has 428 valence electrons. The first kappa shape index (κ1) is 61.2. The summed E-state index contributed by atoms with van der Waals surface area (Å²) in [5, 5.41) is 24.3. The maximum absolute atomic E-state index is 15.1. The number of nitrogens with one attached hydrogen (secondary N) is 3. The summed E-state index contributed by atoms with van der Waals surface area (Å²) in [5.41, 5.74) is 3.38. The highest BCUT2D eigenvalue weighted by Gasteiger charge is 2.40. The first-order valence-electron chi connectivity index (χ1n) is 27.5. The van der Waals surface area contributed by atoms with Crippen molar-refractivity contribution in [2.45, 2.75) is 129 Å². The summed E-state index contributed by atoms with van der Waals surface area (Å²) in [6.45, 7) is 22.3. The molecular formula is C62H76N4O12S2. The number of benzene rings is 3. The third-order valence-electron chi connectivity index (χ3n) is 14.8. The number of anilines is 1. The number of hydrogen-bond donors (Lipinski definition) is 5. The van der Waals surface area contributed by atoms with Crippen LogP contribution < -0.4 is 10.6 Å². The zero-order valence-corrected chi connectivity index (χ0v) is 48.8. The van der Waals surface area contributed by atoms with Crippen molar-refractivity contribution in [2.75, 3.05) is 24.5 Å². The molecule has 0 saturated heterocycles. The smallest absolute Gasteiger partial charge is 0.342 e. The summed E-state index contributed by atoms with van der Waals surface area (Å²) >= 11 is 2.44. The Morgan fingerprint density at radius 1 is 0.775 bits per heavy atom. The van der Waals surface area contributed by atoms with Crippen LogP contribution in [0.5, 0.6) is 0 Å². The van der Waals surface area contributed by atoms with Gasteiger partial charge in [0.2, 0.25) is 11.8 Å². The van der Waals surface area contributed by atoms with Crippen LogP contribution in [-0.2, 0) is 45.0 Å². The molecule has 0 bridgehead atoms. The van der Waals surface area contributed by atoms with E-state index in [0.717, 1.165) is 49.1 Å². The maximum Gasteiger partial charge on any atom is 0.342 e.